The summed E-state index contributed by atoms with van der Waals surface area (Å²) in [6.45, 7) is 7.22. The topological polar surface area (TPSA) is 113 Å². The van der Waals surface area contributed by atoms with E-state index in [1.165, 1.54) is 7.11 Å². The minimum Gasteiger partial charge on any atom is -0.496 e. The fraction of sp³-hybridized carbons (Fsp3) is 0.290. The molecule has 202 valence electrons. The lowest BCUT2D eigenvalue weighted by molar-refractivity contribution is 0.0731. The first-order valence-corrected chi connectivity index (χ1v) is 12.8. The monoisotopic (exact) mass is 528 g/mol. The van der Waals surface area contributed by atoms with Crippen LogP contribution in [0.1, 0.15) is 54.6 Å². The number of carbonyl (C=O) groups excluding carboxylic acids is 1. The molecule has 1 atom stereocenters. The average Bonchev–Trinajstić information content (AvgIpc) is 2.93. The van der Waals surface area contributed by atoms with Gasteiger partial charge in [-0.1, -0.05) is 38.1 Å². The van der Waals surface area contributed by atoms with Crippen molar-refractivity contribution in [3.8, 4) is 34.8 Å². The fourth-order valence-electron chi connectivity index (χ4n) is 4.31. The smallest absolute Gasteiger partial charge is 0.347 e. The fourth-order valence-corrected chi connectivity index (χ4v) is 4.31. The van der Waals surface area contributed by atoms with Crippen molar-refractivity contribution in [1.29, 1.82) is 5.26 Å². The van der Waals surface area contributed by atoms with E-state index in [4.69, 9.17) is 29.4 Å². The number of hydrogen-bond acceptors (Lipinski definition) is 8. The number of esters is 1. The van der Waals surface area contributed by atoms with Gasteiger partial charge in [-0.25, -0.2) is 4.79 Å². The van der Waals surface area contributed by atoms with Gasteiger partial charge in [-0.2, -0.15) is 5.26 Å². The first kappa shape index (κ1) is 27.4. The Morgan fingerprint density at radius 3 is 2.56 bits per heavy atom. The molecule has 1 heterocycles. The van der Waals surface area contributed by atoms with Gasteiger partial charge < -0.3 is 29.4 Å². The molecule has 0 radical (unpaired) electrons. The zero-order valence-corrected chi connectivity index (χ0v) is 22.5. The number of allylic oxidation sites excluding steroid dienone is 1. The van der Waals surface area contributed by atoms with E-state index >= 15 is 0 Å². The van der Waals surface area contributed by atoms with Crippen LogP contribution in [0.5, 0.6) is 28.7 Å². The summed E-state index contributed by atoms with van der Waals surface area (Å²) in [6, 6.07) is 19.6. The molecule has 1 aliphatic rings. The van der Waals surface area contributed by atoms with Crippen molar-refractivity contribution in [2.24, 2.45) is 11.7 Å². The van der Waals surface area contributed by atoms with Crippen LogP contribution in [0, 0.1) is 17.2 Å². The number of ether oxygens (including phenoxy) is 5. The predicted octanol–water partition coefficient (Wildman–Crippen LogP) is 5.96. The van der Waals surface area contributed by atoms with E-state index in [0.29, 0.717) is 53.3 Å². The van der Waals surface area contributed by atoms with Crippen LogP contribution in [0.2, 0.25) is 0 Å². The predicted molar refractivity (Wildman–Crippen MR) is 146 cm³/mol. The second kappa shape index (κ2) is 12.3. The second-order valence-corrected chi connectivity index (χ2v) is 9.38. The maximum atomic E-state index is 12.8. The Labute approximate surface area is 228 Å². The molecule has 2 N–H and O–H groups in total. The van der Waals surface area contributed by atoms with E-state index in [1.807, 2.05) is 25.1 Å². The molecule has 0 saturated heterocycles. The number of benzene rings is 3. The molecule has 0 aromatic heterocycles. The summed E-state index contributed by atoms with van der Waals surface area (Å²) in [4.78, 5) is 12.8. The maximum absolute atomic E-state index is 12.8. The third-order valence-corrected chi connectivity index (χ3v) is 6.28. The highest BCUT2D eigenvalue weighted by molar-refractivity contribution is 5.94. The van der Waals surface area contributed by atoms with Gasteiger partial charge in [-0.05, 0) is 55.2 Å². The Hall–Kier alpha value is -4.64. The van der Waals surface area contributed by atoms with Crippen LogP contribution in [0.4, 0.5) is 0 Å². The number of nitriles is 1. The van der Waals surface area contributed by atoms with Crippen molar-refractivity contribution in [3.63, 3.8) is 0 Å². The van der Waals surface area contributed by atoms with Crippen molar-refractivity contribution in [2.75, 3.05) is 20.3 Å². The summed E-state index contributed by atoms with van der Waals surface area (Å²) in [6.07, 6.45) is 0.919. The van der Waals surface area contributed by atoms with Crippen molar-refractivity contribution in [1.82, 2.24) is 0 Å². The molecule has 0 saturated carbocycles. The minimum absolute atomic E-state index is 0.0153. The van der Waals surface area contributed by atoms with Gasteiger partial charge in [-0.3, -0.25) is 0 Å². The highest BCUT2D eigenvalue weighted by Crippen LogP contribution is 2.45. The SMILES string of the molecule is CCOc1cc(C2C(C#N)=C(N)Oc3cc(OC(=O)c4ccccc4OC)ccc32)ccc1OCCC(C)C. The molecule has 1 unspecified atom stereocenters. The summed E-state index contributed by atoms with van der Waals surface area (Å²) >= 11 is 0. The number of methoxy groups -OCH3 is 1. The Bertz CT molecular complexity index is 1420. The molecule has 3 aromatic rings. The average molecular weight is 529 g/mol. The van der Waals surface area contributed by atoms with Gasteiger partial charge in [0.05, 0.1) is 26.2 Å². The molecule has 8 heteroatoms. The number of hydrogen-bond donors (Lipinski definition) is 1. The van der Waals surface area contributed by atoms with Crippen LogP contribution in [0.25, 0.3) is 0 Å². The lowest BCUT2D eigenvalue weighted by Gasteiger charge is -2.27. The summed E-state index contributed by atoms with van der Waals surface area (Å²) in [5, 5.41) is 9.96. The number of nitrogens with two attached hydrogens (primary N) is 1. The lowest BCUT2D eigenvalue weighted by Crippen LogP contribution is -2.21. The van der Waals surface area contributed by atoms with E-state index < -0.39 is 11.9 Å². The van der Waals surface area contributed by atoms with E-state index in [0.717, 1.165) is 12.0 Å². The standard InChI is InChI=1S/C31H32N2O6/c1-5-36-28-16-20(10-13-26(28)37-15-14-19(2)3)29-22-12-11-21(17-27(22)39-30(33)24(29)18-32)38-31(34)23-8-6-7-9-25(23)35-4/h6-13,16-17,19,29H,5,14-15,33H2,1-4H3. The molecule has 0 bridgehead atoms. The molecule has 39 heavy (non-hydrogen) atoms. The van der Waals surface area contributed by atoms with Gasteiger partial charge in [0.2, 0.25) is 5.88 Å². The number of rotatable bonds is 10. The van der Waals surface area contributed by atoms with E-state index in [-0.39, 0.29) is 17.2 Å². The third kappa shape index (κ3) is 6.10. The van der Waals surface area contributed by atoms with E-state index in [9.17, 15) is 10.1 Å². The van der Waals surface area contributed by atoms with Crippen molar-refractivity contribution >= 4 is 5.97 Å². The van der Waals surface area contributed by atoms with Crippen molar-refractivity contribution < 1.29 is 28.5 Å². The van der Waals surface area contributed by atoms with Gasteiger partial charge in [-0.15, -0.1) is 0 Å². The van der Waals surface area contributed by atoms with Crippen LogP contribution >= 0.6 is 0 Å². The van der Waals surface area contributed by atoms with Gasteiger partial charge in [0.25, 0.3) is 0 Å². The number of fused-ring (bicyclic) bond motifs is 1. The van der Waals surface area contributed by atoms with Crippen molar-refractivity contribution in [3.05, 3.63) is 88.8 Å². The van der Waals surface area contributed by atoms with Gasteiger partial charge in [0.15, 0.2) is 11.5 Å². The Morgan fingerprint density at radius 1 is 1.05 bits per heavy atom. The quantitative estimate of drug-likeness (QED) is 0.253. The molecule has 0 spiro atoms. The largest absolute Gasteiger partial charge is 0.496 e. The van der Waals surface area contributed by atoms with Crippen LogP contribution in [0.15, 0.2) is 72.1 Å². The first-order chi connectivity index (χ1) is 18.9. The molecular weight excluding hydrogens is 496 g/mol. The molecule has 3 aromatic carbocycles. The van der Waals surface area contributed by atoms with Crippen LogP contribution in [-0.4, -0.2) is 26.3 Å². The summed E-state index contributed by atoms with van der Waals surface area (Å²) in [5.74, 6) is 1.70. The van der Waals surface area contributed by atoms with Gasteiger partial charge in [0, 0.05) is 11.6 Å². The number of para-hydroxylation sites is 1. The highest BCUT2D eigenvalue weighted by Gasteiger charge is 2.32. The normalized spacial score (nSPS) is 14.2. The van der Waals surface area contributed by atoms with E-state index in [1.54, 1.807) is 42.5 Å². The van der Waals surface area contributed by atoms with Crippen LogP contribution in [0.3, 0.4) is 0 Å². The van der Waals surface area contributed by atoms with Crippen LogP contribution < -0.4 is 29.4 Å². The zero-order chi connectivity index (χ0) is 27.9. The Kier molecular flexibility index (Phi) is 8.62. The molecule has 0 fully saturated rings. The van der Waals surface area contributed by atoms with Crippen molar-refractivity contribution in [2.45, 2.75) is 33.1 Å². The number of nitrogens with zero attached hydrogens (tertiary/aromatic N) is 1. The molecule has 8 nitrogen and oxygen atoms in total. The summed E-state index contributed by atoms with van der Waals surface area (Å²) in [7, 11) is 1.49. The molecular formula is C31H32N2O6. The molecule has 0 amide bonds. The Morgan fingerprint density at radius 2 is 1.85 bits per heavy atom. The molecule has 4 rings (SSSR count). The summed E-state index contributed by atoms with van der Waals surface area (Å²) < 4.78 is 28.5. The minimum atomic E-state index is -0.574. The molecule has 1 aliphatic heterocycles. The van der Waals surface area contributed by atoms with Gasteiger partial charge in [0.1, 0.15) is 34.5 Å². The lowest BCUT2D eigenvalue weighted by atomic mass is 9.83. The third-order valence-electron chi connectivity index (χ3n) is 6.28. The molecule has 0 aliphatic carbocycles. The second-order valence-electron chi connectivity index (χ2n) is 9.38. The van der Waals surface area contributed by atoms with Crippen LogP contribution in [-0.2, 0) is 0 Å². The van der Waals surface area contributed by atoms with E-state index in [2.05, 4.69) is 19.9 Å². The Balaban J connectivity index is 1.67. The highest BCUT2D eigenvalue weighted by atomic mass is 16.5. The summed E-state index contributed by atoms with van der Waals surface area (Å²) in [5.41, 5.74) is 8.25. The van der Waals surface area contributed by atoms with Gasteiger partial charge >= 0.3 is 5.97 Å². The number of carbonyl (C=O) groups is 1. The zero-order valence-electron chi connectivity index (χ0n) is 22.5. The maximum Gasteiger partial charge on any atom is 0.347 e. The first-order valence-electron chi connectivity index (χ1n) is 12.8.